The van der Waals surface area contributed by atoms with Gasteiger partial charge in [-0.3, -0.25) is 14.9 Å². The number of nitrogens with zero attached hydrogens (tertiary/aromatic N) is 1. The van der Waals surface area contributed by atoms with Gasteiger partial charge in [0.05, 0.1) is 10.2 Å². The summed E-state index contributed by atoms with van der Waals surface area (Å²) in [4.78, 5) is 23.2. The van der Waals surface area contributed by atoms with Crippen molar-refractivity contribution in [2.24, 2.45) is 0 Å². The molecule has 2 rings (SSSR count). The molecular formula is C14H19N3O3S. The van der Waals surface area contributed by atoms with Gasteiger partial charge >= 0.3 is 0 Å². The average Bonchev–Trinajstić information content (AvgIpc) is 2.48. The Balaban J connectivity index is 1.86. The molecule has 21 heavy (non-hydrogen) atoms. The molecular weight excluding hydrogens is 290 g/mol. The molecule has 1 amide bonds. The average molecular weight is 309 g/mol. The molecule has 0 aromatic heterocycles. The van der Waals surface area contributed by atoms with E-state index >= 15 is 0 Å². The molecule has 0 radical (unpaired) electrons. The fraction of sp³-hybridized carbons (Fsp3) is 0.500. The number of hydrogen-bond donors (Lipinski definition) is 2. The molecule has 1 aromatic rings. The van der Waals surface area contributed by atoms with E-state index in [9.17, 15) is 14.9 Å². The Bertz CT molecular complexity index is 501. The molecule has 1 fully saturated rings. The summed E-state index contributed by atoms with van der Waals surface area (Å²) in [7, 11) is 0. The fourth-order valence-electron chi connectivity index (χ4n) is 2.19. The van der Waals surface area contributed by atoms with Crippen molar-refractivity contribution >= 4 is 23.4 Å². The molecule has 0 spiro atoms. The number of non-ortho nitro benzene ring substituents is 1. The van der Waals surface area contributed by atoms with Crippen molar-refractivity contribution in [1.82, 2.24) is 10.6 Å². The molecule has 6 nitrogen and oxygen atoms in total. The molecule has 1 saturated heterocycles. The van der Waals surface area contributed by atoms with E-state index in [1.54, 1.807) is 12.1 Å². The van der Waals surface area contributed by atoms with Crippen LogP contribution in [0, 0.1) is 10.1 Å². The Morgan fingerprint density at radius 3 is 2.57 bits per heavy atom. The summed E-state index contributed by atoms with van der Waals surface area (Å²) in [6.45, 7) is 3.73. The number of nitro benzene ring substituents is 1. The Labute approximate surface area is 127 Å². The van der Waals surface area contributed by atoms with Gasteiger partial charge in [-0.1, -0.05) is 0 Å². The maximum Gasteiger partial charge on any atom is 0.269 e. The first kappa shape index (κ1) is 15.8. The predicted molar refractivity (Wildman–Crippen MR) is 82.4 cm³/mol. The third-order valence-corrected chi connectivity index (χ3v) is 4.53. The number of benzene rings is 1. The third-order valence-electron chi connectivity index (χ3n) is 3.42. The number of nitrogens with one attached hydrogen (secondary N) is 2. The van der Waals surface area contributed by atoms with Gasteiger partial charge in [-0.15, -0.1) is 11.8 Å². The maximum absolute atomic E-state index is 12.1. The third kappa shape index (κ3) is 4.71. The lowest BCUT2D eigenvalue weighted by molar-refractivity contribution is -0.384. The SMILES string of the molecule is CC(Sc1ccc([N+](=O)[O-])cc1)C(=O)NC1CCNCC1. The van der Waals surface area contributed by atoms with Gasteiger partial charge in [-0.25, -0.2) is 0 Å². The van der Waals surface area contributed by atoms with Crippen molar-refractivity contribution < 1.29 is 9.72 Å². The molecule has 1 aliphatic rings. The second-order valence-electron chi connectivity index (χ2n) is 5.04. The van der Waals surface area contributed by atoms with Crippen molar-refractivity contribution in [3.63, 3.8) is 0 Å². The second-order valence-corrected chi connectivity index (χ2v) is 6.46. The summed E-state index contributed by atoms with van der Waals surface area (Å²) in [5, 5.41) is 16.7. The molecule has 2 N–H and O–H groups in total. The van der Waals surface area contributed by atoms with E-state index in [-0.39, 0.29) is 22.9 Å². The van der Waals surface area contributed by atoms with Crippen LogP contribution in [0.5, 0.6) is 0 Å². The normalized spacial score (nSPS) is 17.2. The first-order chi connectivity index (χ1) is 10.1. The number of thioether (sulfide) groups is 1. The van der Waals surface area contributed by atoms with E-state index in [2.05, 4.69) is 10.6 Å². The highest BCUT2D eigenvalue weighted by Crippen LogP contribution is 2.25. The van der Waals surface area contributed by atoms with E-state index < -0.39 is 4.92 Å². The zero-order chi connectivity index (χ0) is 15.2. The van der Waals surface area contributed by atoms with Crippen LogP contribution in [0.2, 0.25) is 0 Å². The first-order valence-electron chi connectivity index (χ1n) is 6.98. The molecule has 1 atom stereocenters. The number of carbonyl (C=O) groups excluding carboxylic acids is 1. The van der Waals surface area contributed by atoms with E-state index in [0.29, 0.717) is 0 Å². The standard InChI is InChI=1S/C14H19N3O3S/c1-10(14(18)16-11-6-8-15-9-7-11)21-13-4-2-12(3-5-13)17(19)20/h2-5,10-11,15H,6-9H2,1H3,(H,16,18). The lowest BCUT2D eigenvalue weighted by Gasteiger charge is -2.25. The van der Waals surface area contributed by atoms with Crippen molar-refractivity contribution in [3.05, 3.63) is 34.4 Å². The highest BCUT2D eigenvalue weighted by Gasteiger charge is 2.20. The van der Waals surface area contributed by atoms with Crippen molar-refractivity contribution in [2.75, 3.05) is 13.1 Å². The topological polar surface area (TPSA) is 84.3 Å². The van der Waals surface area contributed by atoms with Crippen LogP contribution < -0.4 is 10.6 Å². The lowest BCUT2D eigenvalue weighted by Crippen LogP contribution is -2.45. The lowest BCUT2D eigenvalue weighted by atomic mass is 10.1. The molecule has 0 aliphatic carbocycles. The summed E-state index contributed by atoms with van der Waals surface area (Å²) in [6, 6.07) is 6.52. The van der Waals surface area contributed by atoms with Crippen LogP contribution in [0.3, 0.4) is 0 Å². The van der Waals surface area contributed by atoms with Gasteiger partial charge in [0, 0.05) is 23.1 Å². The zero-order valence-corrected chi connectivity index (χ0v) is 12.7. The first-order valence-corrected chi connectivity index (χ1v) is 7.86. The minimum absolute atomic E-state index is 0.0188. The van der Waals surface area contributed by atoms with Gasteiger partial charge in [0.2, 0.25) is 5.91 Å². The number of hydrogen-bond acceptors (Lipinski definition) is 5. The number of carbonyl (C=O) groups is 1. The van der Waals surface area contributed by atoms with Crippen LogP contribution in [-0.2, 0) is 4.79 Å². The van der Waals surface area contributed by atoms with Gasteiger partial charge < -0.3 is 10.6 Å². The molecule has 1 heterocycles. The quantitative estimate of drug-likeness (QED) is 0.493. The minimum Gasteiger partial charge on any atom is -0.352 e. The highest BCUT2D eigenvalue weighted by molar-refractivity contribution is 8.00. The molecule has 114 valence electrons. The molecule has 1 aromatic carbocycles. The van der Waals surface area contributed by atoms with Crippen LogP contribution in [0.15, 0.2) is 29.2 Å². The highest BCUT2D eigenvalue weighted by atomic mass is 32.2. The van der Waals surface area contributed by atoms with E-state index in [1.165, 1.54) is 23.9 Å². The summed E-state index contributed by atoms with van der Waals surface area (Å²) in [5.41, 5.74) is 0.0613. The number of nitro groups is 1. The minimum atomic E-state index is -0.429. The molecule has 0 saturated carbocycles. The van der Waals surface area contributed by atoms with Gasteiger partial charge in [0.15, 0.2) is 0 Å². The van der Waals surface area contributed by atoms with Crippen LogP contribution in [0.4, 0.5) is 5.69 Å². The fourth-order valence-corrected chi connectivity index (χ4v) is 3.07. The summed E-state index contributed by atoms with van der Waals surface area (Å²) in [5.74, 6) is 0.0188. The predicted octanol–water partition coefficient (Wildman–Crippen LogP) is 1.94. The number of rotatable bonds is 5. The van der Waals surface area contributed by atoms with Gasteiger partial charge in [0.25, 0.3) is 5.69 Å². The van der Waals surface area contributed by atoms with Gasteiger partial charge in [-0.2, -0.15) is 0 Å². The molecule has 7 heteroatoms. The van der Waals surface area contributed by atoms with E-state index in [0.717, 1.165) is 30.8 Å². The smallest absolute Gasteiger partial charge is 0.269 e. The Morgan fingerprint density at radius 2 is 2.00 bits per heavy atom. The Hall–Kier alpha value is -1.60. The Kier molecular flexibility index (Phi) is 5.58. The zero-order valence-electron chi connectivity index (χ0n) is 11.9. The Morgan fingerprint density at radius 1 is 1.38 bits per heavy atom. The maximum atomic E-state index is 12.1. The van der Waals surface area contributed by atoms with E-state index in [1.807, 2.05) is 6.92 Å². The largest absolute Gasteiger partial charge is 0.352 e. The van der Waals surface area contributed by atoms with Crippen molar-refractivity contribution in [2.45, 2.75) is 36.0 Å². The number of amides is 1. The van der Waals surface area contributed by atoms with Gasteiger partial charge in [0.1, 0.15) is 0 Å². The summed E-state index contributed by atoms with van der Waals surface area (Å²) >= 11 is 1.41. The molecule has 1 unspecified atom stereocenters. The second kappa shape index (κ2) is 7.42. The van der Waals surface area contributed by atoms with Crippen LogP contribution in [0.1, 0.15) is 19.8 Å². The van der Waals surface area contributed by atoms with E-state index in [4.69, 9.17) is 0 Å². The summed E-state index contributed by atoms with van der Waals surface area (Å²) in [6.07, 6.45) is 1.92. The van der Waals surface area contributed by atoms with Crippen LogP contribution >= 0.6 is 11.8 Å². The van der Waals surface area contributed by atoms with Crippen LogP contribution in [-0.4, -0.2) is 35.2 Å². The monoisotopic (exact) mass is 309 g/mol. The van der Waals surface area contributed by atoms with Crippen LogP contribution in [0.25, 0.3) is 0 Å². The molecule has 1 aliphatic heterocycles. The van der Waals surface area contributed by atoms with Gasteiger partial charge in [-0.05, 0) is 45.0 Å². The number of piperidine rings is 1. The summed E-state index contributed by atoms with van der Waals surface area (Å²) < 4.78 is 0. The van der Waals surface area contributed by atoms with Crippen molar-refractivity contribution in [1.29, 1.82) is 0 Å². The van der Waals surface area contributed by atoms with Crippen molar-refractivity contribution in [3.8, 4) is 0 Å². The molecule has 0 bridgehead atoms.